The normalized spacial score (nSPS) is 9.73. The fourth-order valence-corrected chi connectivity index (χ4v) is 0.938. The van der Waals surface area contributed by atoms with Gasteiger partial charge in [0.2, 0.25) is 0 Å². The Hall–Kier alpha value is -0.890. The van der Waals surface area contributed by atoms with Gasteiger partial charge in [-0.05, 0) is 12.1 Å². The zero-order valence-electron chi connectivity index (χ0n) is 5.57. The molecule has 0 unspecified atom stereocenters. The second kappa shape index (κ2) is 3.01. The van der Waals surface area contributed by atoms with E-state index in [1.807, 2.05) is 0 Å². The smallest absolute Gasteiger partial charge is 0.134 e. The summed E-state index contributed by atoms with van der Waals surface area (Å²) < 4.78 is 25.4. The maximum atomic E-state index is 12.7. The maximum absolute atomic E-state index is 12.7. The molecule has 0 spiro atoms. The summed E-state index contributed by atoms with van der Waals surface area (Å²) in [7, 11) is 0. The van der Waals surface area contributed by atoms with Crippen LogP contribution in [0, 0.1) is 11.6 Å². The zero-order valence-corrected chi connectivity index (χ0v) is 6.33. The molecule has 1 aromatic carbocycles. The van der Waals surface area contributed by atoms with E-state index < -0.39 is 11.6 Å². The molecule has 0 saturated carbocycles. The van der Waals surface area contributed by atoms with E-state index in [1.165, 1.54) is 6.07 Å². The van der Waals surface area contributed by atoms with E-state index in [-0.39, 0.29) is 10.6 Å². The second-order valence-electron chi connectivity index (χ2n) is 2.00. The van der Waals surface area contributed by atoms with Gasteiger partial charge in [-0.2, -0.15) is 0 Å². The standard InChI is InChI=1S/C8H5ClF2/c1-5(9)8-6(10)3-2-4-7(8)11/h2-4H,1H2. The maximum Gasteiger partial charge on any atom is 0.134 e. The van der Waals surface area contributed by atoms with E-state index in [9.17, 15) is 8.78 Å². The van der Waals surface area contributed by atoms with Crippen molar-refractivity contribution >= 4 is 16.6 Å². The van der Waals surface area contributed by atoms with E-state index in [1.54, 1.807) is 0 Å². The highest BCUT2D eigenvalue weighted by molar-refractivity contribution is 6.48. The number of rotatable bonds is 1. The van der Waals surface area contributed by atoms with E-state index in [0.717, 1.165) is 12.1 Å². The Morgan fingerprint density at radius 2 is 1.73 bits per heavy atom. The third-order valence-corrected chi connectivity index (χ3v) is 1.42. The van der Waals surface area contributed by atoms with Crippen molar-refractivity contribution in [1.29, 1.82) is 0 Å². The van der Waals surface area contributed by atoms with Crippen molar-refractivity contribution in [3.63, 3.8) is 0 Å². The lowest BCUT2D eigenvalue weighted by Gasteiger charge is -1.99. The Morgan fingerprint density at radius 1 is 1.27 bits per heavy atom. The number of hydrogen-bond donors (Lipinski definition) is 0. The SMILES string of the molecule is C=C(Cl)c1c(F)cccc1F. The molecule has 0 aliphatic heterocycles. The Labute approximate surface area is 68.1 Å². The molecule has 0 bridgehead atoms. The molecule has 58 valence electrons. The van der Waals surface area contributed by atoms with Gasteiger partial charge in [0.05, 0.1) is 5.56 Å². The average Bonchev–Trinajstić information content (AvgIpc) is 1.85. The number of halogens is 3. The van der Waals surface area contributed by atoms with E-state index in [2.05, 4.69) is 6.58 Å². The largest absolute Gasteiger partial charge is 0.206 e. The highest BCUT2D eigenvalue weighted by Gasteiger charge is 2.08. The van der Waals surface area contributed by atoms with Gasteiger partial charge in [0.25, 0.3) is 0 Å². The first kappa shape index (κ1) is 8.21. The van der Waals surface area contributed by atoms with Gasteiger partial charge in [-0.15, -0.1) is 0 Å². The summed E-state index contributed by atoms with van der Waals surface area (Å²) in [6, 6.07) is 3.53. The summed E-state index contributed by atoms with van der Waals surface area (Å²) in [5.74, 6) is -1.38. The van der Waals surface area contributed by atoms with Gasteiger partial charge >= 0.3 is 0 Å². The minimum atomic E-state index is -0.690. The fourth-order valence-electron chi connectivity index (χ4n) is 0.757. The lowest BCUT2D eigenvalue weighted by Crippen LogP contribution is -1.89. The van der Waals surface area contributed by atoms with Crippen LogP contribution in [-0.4, -0.2) is 0 Å². The minimum absolute atomic E-state index is 0.124. The van der Waals surface area contributed by atoms with Gasteiger partial charge in [-0.25, -0.2) is 8.78 Å². The third-order valence-electron chi connectivity index (χ3n) is 1.23. The fraction of sp³-hybridized carbons (Fsp3) is 0. The van der Waals surface area contributed by atoms with Crippen LogP contribution in [-0.2, 0) is 0 Å². The van der Waals surface area contributed by atoms with Gasteiger partial charge < -0.3 is 0 Å². The summed E-state index contributed by atoms with van der Waals surface area (Å²) in [5.41, 5.74) is -0.255. The van der Waals surface area contributed by atoms with Crippen LogP contribution in [0.2, 0.25) is 0 Å². The van der Waals surface area contributed by atoms with E-state index in [4.69, 9.17) is 11.6 Å². The molecule has 0 atom stereocenters. The Bertz CT molecular complexity index is 274. The molecule has 1 rings (SSSR count). The van der Waals surface area contributed by atoms with Crippen LogP contribution >= 0.6 is 11.6 Å². The van der Waals surface area contributed by atoms with Crippen LogP contribution < -0.4 is 0 Å². The van der Waals surface area contributed by atoms with Crippen LogP contribution in [0.25, 0.3) is 5.03 Å². The summed E-state index contributed by atoms with van der Waals surface area (Å²) in [6.45, 7) is 3.23. The van der Waals surface area contributed by atoms with Crippen molar-refractivity contribution in [2.24, 2.45) is 0 Å². The van der Waals surface area contributed by atoms with E-state index in [0.29, 0.717) is 0 Å². The lowest BCUT2D eigenvalue weighted by molar-refractivity contribution is 0.578. The Kier molecular flexibility index (Phi) is 2.25. The zero-order chi connectivity index (χ0) is 8.43. The highest BCUT2D eigenvalue weighted by atomic mass is 35.5. The summed E-state index contributed by atoms with van der Waals surface area (Å²) >= 11 is 5.34. The highest BCUT2D eigenvalue weighted by Crippen LogP contribution is 2.22. The van der Waals surface area contributed by atoms with Crippen molar-refractivity contribution < 1.29 is 8.78 Å². The molecule has 0 fully saturated rings. The Morgan fingerprint density at radius 3 is 2.00 bits per heavy atom. The van der Waals surface area contributed by atoms with Crippen LogP contribution in [0.15, 0.2) is 24.8 Å². The number of hydrogen-bond acceptors (Lipinski definition) is 0. The Balaban J connectivity index is 3.32. The molecule has 0 nitrogen and oxygen atoms in total. The molecule has 0 radical (unpaired) electrons. The molecule has 0 saturated heterocycles. The van der Waals surface area contributed by atoms with Crippen molar-refractivity contribution in [1.82, 2.24) is 0 Å². The summed E-state index contributed by atoms with van der Waals surface area (Å²) in [6.07, 6.45) is 0. The first-order chi connectivity index (χ1) is 5.13. The van der Waals surface area contributed by atoms with Gasteiger partial charge in [0.1, 0.15) is 11.6 Å². The van der Waals surface area contributed by atoms with Crippen molar-refractivity contribution in [3.8, 4) is 0 Å². The van der Waals surface area contributed by atoms with Crippen LogP contribution in [0.3, 0.4) is 0 Å². The van der Waals surface area contributed by atoms with Crippen molar-refractivity contribution in [2.45, 2.75) is 0 Å². The van der Waals surface area contributed by atoms with Gasteiger partial charge in [-0.3, -0.25) is 0 Å². The van der Waals surface area contributed by atoms with Crippen LogP contribution in [0.5, 0.6) is 0 Å². The quantitative estimate of drug-likeness (QED) is 0.614. The van der Waals surface area contributed by atoms with Crippen LogP contribution in [0.4, 0.5) is 8.78 Å². The second-order valence-corrected chi connectivity index (χ2v) is 2.46. The predicted octanol–water partition coefficient (Wildman–Crippen LogP) is 3.17. The average molecular weight is 175 g/mol. The third kappa shape index (κ3) is 1.57. The topological polar surface area (TPSA) is 0 Å². The molecule has 1 aromatic rings. The molecule has 0 heterocycles. The monoisotopic (exact) mass is 174 g/mol. The molecule has 3 heteroatoms. The molecule has 0 N–H and O–H groups in total. The molecule has 11 heavy (non-hydrogen) atoms. The first-order valence-corrected chi connectivity index (χ1v) is 3.29. The summed E-state index contributed by atoms with van der Waals surface area (Å²) in [5, 5.41) is -0.124. The van der Waals surface area contributed by atoms with Crippen LogP contribution in [0.1, 0.15) is 5.56 Å². The molecular formula is C8H5ClF2. The van der Waals surface area contributed by atoms with Crippen molar-refractivity contribution in [3.05, 3.63) is 42.0 Å². The van der Waals surface area contributed by atoms with Gasteiger partial charge in [0.15, 0.2) is 0 Å². The minimum Gasteiger partial charge on any atom is -0.206 e. The molecule has 0 aromatic heterocycles. The van der Waals surface area contributed by atoms with Gasteiger partial charge in [0, 0.05) is 5.03 Å². The number of benzene rings is 1. The van der Waals surface area contributed by atoms with Gasteiger partial charge in [-0.1, -0.05) is 24.2 Å². The molecular weight excluding hydrogens is 170 g/mol. The predicted molar refractivity (Wildman–Crippen MR) is 41.2 cm³/mol. The molecule has 0 aliphatic rings. The summed E-state index contributed by atoms with van der Waals surface area (Å²) in [4.78, 5) is 0. The van der Waals surface area contributed by atoms with E-state index >= 15 is 0 Å². The molecule has 0 amide bonds. The first-order valence-electron chi connectivity index (χ1n) is 2.91. The molecule has 0 aliphatic carbocycles. The lowest BCUT2D eigenvalue weighted by atomic mass is 10.2. The van der Waals surface area contributed by atoms with Crippen molar-refractivity contribution in [2.75, 3.05) is 0 Å².